The molecule has 0 radical (unpaired) electrons. The van der Waals surface area contributed by atoms with E-state index in [0.717, 1.165) is 0 Å². The first-order valence-corrected chi connectivity index (χ1v) is 23.8. The fourth-order valence-electron chi connectivity index (χ4n) is 6.80. The van der Waals surface area contributed by atoms with Crippen molar-refractivity contribution in [2.45, 2.75) is 77.0 Å². The van der Waals surface area contributed by atoms with E-state index < -0.39 is 20.7 Å². The zero-order valence-corrected chi connectivity index (χ0v) is 29.2. The summed E-state index contributed by atoms with van der Waals surface area (Å²) in [5, 5.41) is 0. The van der Waals surface area contributed by atoms with Gasteiger partial charge in [0.25, 0.3) is 12.8 Å². The molecule has 6 rings (SSSR count). The normalized spacial score (nSPS) is 27.2. The van der Waals surface area contributed by atoms with E-state index in [4.69, 9.17) is 14.4 Å². The van der Waals surface area contributed by atoms with Crippen LogP contribution in [0.2, 0.25) is 0 Å². The third-order valence-corrected chi connectivity index (χ3v) is 23.4. The van der Waals surface area contributed by atoms with Crippen molar-refractivity contribution in [2.75, 3.05) is 78.5 Å². The van der Waals surface area contributed by atoms with Gasteiger partial charge in [0.2, 0.25) is 31.0 Å². The van der Waals surface area contributed by atoms with Crippen molar-refractivity contribution in [3.63, 3.8) is 0 Å². The summed E-state index contributed by atoms with van der Waals surface area (Å²) in [5.74, 6) is 0. The summed E-state index contributed by atoms with van der Waals surface area (Å²) in [6, 6.07) is 0. The first kappa shape index (κ1) is 33.6. The molecule has 0 aromatic rings. The lowest BCUT2D eigenvalue weighted by Gasteiger charge is -2.38. The Hall–Kier alpha value is 1.66. The van der Waals surface area contributed by atoms with E-state index in [1.165, 1.54) is 156 Å². The Morgan fingerprint density at radius 1 is 0.436 bits per heavy atom. The molecule has 6 fully saturated rings. The molecule has 228 valence electrons. The van der Waals surface area contributed by atoms with Crippen LogP contribution in [-0.4, -0.2) is 107 Å². The van der Waals surface area contributed by atoms with Gasteiger partial charge in [0.15, 0.2) is 0 Å². The quantitative estimate of drug-likeness (QED) is 0.329. The second-order valence-corrected chi connectivity index (χ2v) is 23.3. The highest BCUT2D eigenvalue weighted by Crippen LogP contribution is 2.76. The Balaban J connectivity index is 0.000000155. The van der Waals surface area contributed by atoms with Crippen LogP contribution in [0.1, 0.15) is 77.0 Å². The van der Waals surface area contributed by atoms with Crippen LogP contribution >= 0.6 is 51.7 Å². The Labute approximate surface area is 252 Å². The van der Waals surface area contributed by atoms with E-state index in [-0.39, 0.29) is 0 Å². The summed E-state index contributed by atoms with van der Waals surface area (Å²) >= 11 is 8.51. The molecule has 0 N–H and O–H groups in total. The van der Waals surface area contributed by atoms with Gasteiger partial charge in [0.1, 0.15) is 7.91 Å². The molecule has 6 heterocycles. The van der Waals surface area contributed by atoms with E-state index >= 15 is 0 Å². The van der Waals surface area contributed by atoms with Crippen LogP contribution in [-0.2, 0) is 4.57 Å². The zero-order chi connectivity index (χ0) is 27.9. The third-order valence-electron chi connectivity index (χ3n) is 8.65. The third kappa shape index (κ3) is 8.86. The maximum Gasteiger partial charge on any atom is 0.299 e. The van der Waals surface area contributed by atoms with Crippen LogP contribution in [0.5, 0.6) is 0 Å². The fourth-order valence-corrected chi connectivity index (χ4v) is 19.4. The second-order valence-electron chi connectivity index (χ2n) is 11.4. The standard InChI is InChI=1S/2C12H24BrN3P.FH2O3P/c2*13-17(14-7-1-2-8-14,15-9-3-4-10-15)16-11-5-6-12-16;1-5(2,3)4/h2*1-12H2;(H2,2,3,4)/q2*+1;/p-2. The predicted molar refractivity (Wildman–Crippen MR) is 165 cm³/mol. The summed E-state index contributed by atoms with van der Waals surface area (Å²) in [5.41, 5.74) is 0. The van der Waals surface area contributed by atoms with Crippen LogP contribution in [0.4, 0.5) is 4.20 Å². The summed E-state index contributed by atoms with van der Waals surface area (Å²) in [4.78, 5) is 16.9. The molecule has 0 aliphatic carbocycles. The number of hydrogen-bond acceptors (Lipinski definition) is 9. The molecule has 0 aromatic carbocycles. The smallest absolute Gasteiger partial charge is 0.299 e. The molecule has 0 bridgehead atoms. The van der Waals surface area contributed by atoms with Crippen molar-refractivity contribution < 1.29 is 18.5 Å². The molecule has 6 aliphatic heterocycles. The molecule has 0 aromatic heterocycles. The van der Waals surface area contributed by atoms with Crippen LogP contribution < -0.4 is 9.79 Å². The molecule has 0 unspecified atom stereocenters. The molecule has 6 saturated heterocycles. The van der Waals surface area contributed by atoms with E-state index in [9.17, 15) is 4.20 Å². The van der Waals surface area contributed by atoms with Crippen molar-refractivity contribution in [3.05, 3.63) is 0 Å². The van der Waals surface area contributed by atoms with Crippen molar-refractivity contribution in [1.82, 2.24) is 28.0 Å². The van der Waals surface area contributed by atoms with Gasteiger partial charge in [-0.2, -0.15) is 0 Å². The van der Waals surface area contributed by atoms with Crippen molar-refractivity contribution in [2.24, 2.45) is 0 Å². The predicted octanol–water partition coefficient (Wildman–Crippen LogP) is 5.48. The number of halogens is 3. The lowest BCUT2D eigenvalue weighted by molar-refractivity contribution is -0.328. The highest BCUT2D eigenvalue weighted by molar-refractivity contribution is 9.41. The van der Waals surface area contributed by atoms with Crippen LogP contribution in [0.3, 0.4) is 0 Å². The largest absolute Gasteiger partial charge is 0.786 e. The van der Waals surface area contributed by atoms with Gasteiger partial charge >= 0.3 is 0 Å². The van der Waals surface area contributed by atoms with E-state index in [1.807, 2.05) is 0 Å². The lowest BCUT2D eigenvalue weighted by atomic mass is 10.4. The minimum Gasteiger partial charge on any atom is -0.786 e. The van der Waals surface area contributed by atoms with Crippen LogP contribution in [0.15, 0.2) is 0 Å². The topological polar surface area (TPSA) is 82.6 Å². The maximum atomic E-state index is 10.1. The van der Waals surface area contributed by atoms with Gasteiger partial charge in [0.05, 0.1) is 0 Å². The van der Waals surface area contributed by atoms with E-state index in [1.54, 1.807) is 0 Å². The van der Waals surface area contributed by atoms with Crippen molar-refractivity contribution in [3.8, 4) is 0 Å². The first-order chi connectivity index (χ1) is 18.6. The van der Waals surface area contributed by atoms with Crippen molar-refractivity contribution in [1.29, 1.82) is 0 Å². The van der Waals surface area contributed by atoms with Gasteiger partial charge in [0, 0.05) is 78.5 Å². The fraction of sp³-hybridized carbons (Fsp3) is 1.00. The Bertz CT molecular complexity index is 641. The second kappa shape index (κ2) is 15.6. The SMILES string of the molecule is Br[P+](N1CCCC1)(N1CCCC1)N1CCCC1.Br[P+](N1CCCC1)(N1CCCC1)N1CCCC1.O=P([O-])([O-])F. The lowest BCUT2D eigenvalue weighted by Crippen LogP contribution is -2.39. The van der Waals surface area contributed by atoms with E-state index in [2.05, 4.69) is 59.0 Å². The first-order valence-electron chi connectivity index (χ1n) is 15.0. The monoisotopic (exact) mass is 738 g/mol. The molecule has 0 atom stereocenters. The molecule has 0 amide bonds. The Morgan fingerprint density at radius 2 is 0.538 bits per heavy atom. The van der Waals surface area contributed by atoms with Crippen LogP contribution in [0.25, 0.3) is 0 Å². The molecule has 9 nitrogen and oxygen atoms in total. The number of hydrogen-bond donors (Lipinski definition) is 0. The Kier molecular flexibility index (Phi) is 13.4. The summed E-state index contributed by atoms with van der Waals surface area (Å²) < 4.78 is 35.3. The molecule has 39 heavy (non-hydrogen) atoms. The number of nitrogens with zero attached hydrogens (tertiary/aromatic N) is 6. The van der Waals surface area contributed by atoms with Gasteiger partial charge in [-0.15, -0.1) is 28.0 Å². The van der Waals surface area contributed by atoms with Gasteiger partial charge in [-0.25, -0.2) is 4.20 Å². The molecule has 0 spiro atoms. The summed E-state index contributed by atoms with van der Waals surface area (Å²) in [6.07, 6.45) is 14.2. The average molecular weight is 740 g/mol. The zero-order valence-electron chi connectivity index (χ0n) is 23.4. The van der Waals surface area contributed by atoms with Crippen LogP contribution in [0, 0.1) is 0 Å². The van der Waals surface area contributed by atoms with Gasteiger partial charge in [-0.3, -0.25) is 0 Å². The molecular formula is C24H48Br2FN6O3P3. The summed E-state index contributed by atoms with van der Waals surface area (Å²) in [6.45, 7) is 15.7. The van der Waals surface area contributed by atoms with Gasteiger partial charge in [-0.05, 0) is 77.0 Å². The highest BCUT2D eigenvalue weighted by Gasteiger charge is 2.58. The summed E-state index contributed by atoms with van der Waals surface area (Å²) in [7, 11) is -5.64. The Morgan fingerprint density at radius 3 is 0.641 bits per heavy atom. The van der Waals surface area contributed by atoms with Crippen molar-refractivity contribution >= 4 is 51.7 Å². The van der Waals surface area contributed by atoms with E-state index in [0.29, 0.717) is 0 Å². The maximum absolute atomic E-state index is 10.1. The molecular weight excluding hydrogens is 692 g/mol. The average Bonchev–Trinajstić information content (AvgIpc) is 3.79. The molecule has 0 saturated carbocycles. The highest BCUT2D eigenvalue weighted by atomic mass is 79.9. The minimum atomic E-state index is -5.64. The minimum absolute atomic E-state index is 1.30. The van der Waals surface area contributed by atoms with Gasteiger partial charge in [-0.1, -0.05) is 0 Å². The molecule has 15 heteroatoms. The number of rotatable bonds is 6. The molecule has 6 aliphatic rings. The van der Waals surface area contributed by atoms with Gasteiger partial charge < -0.3 is 14.4 Å².